The fourth-order valence-electron chi connectivity index (χ4n) is 4.34. The van der Waals surface area contributed by atoms with Crippen LogP contribution in [0.25, 0.3) is 0 Å². The fraction of sp³-hybridized carbons (Fsp3) is 0.333. The molecule has 0 amide bonds. The highest BCUT2D eigenvalue weighted by Gasteiger charge is 2.34. The van der Waals surface area contributed by atoms with Gasteiger partial charge in [-0.2, -0.15) is 0 Å². The molecule has 0 aliphatic carbocycles. The highest BCUT2D eigenvalue weighted by molar-refractivity contribution is 5.58. The Bertz CT molecular complexity index is 1000. The van der Waals surface area contributed by atoms with Gasteiger partial charge in [0.05, 0.1) is 26.4 Å². The van der Waals surface area contributed by atoms with Crippen molar-refractivity contribution in [1.29, 1.82) is 0 Å². The van der Waals surface area contributed by atoms with Gasteiger partial charge in [-0.3, -0.25) is 0 Å². The molecular formula is C27H34O6. The van der Waals surface area contributed by atoms with Crippen LogP contribution in [0.3, 0.4) is 0 Å². The number of hydrogen-bond donors (Lipinski definition) is 6. The molecule has 0 spiro atoms. The summed E-state index contributed by atoms with van der Waals surface area (Å²) in [5.41, 5.74) is 4.66. The first-order valence-corrected chi connectivity index (χ1v) is 10.4. The first-order chi connectivity index (χ1) is 15.2. The lowest BCUT2D eigenvalue weighted by molar-refractivity contribution is 0.263. The van der Waals surface area contributed by atoms with Gasteiger partial charge >= 0.3 is 0 Å². The number of phenols is 2. The highest BCUT2D eigenvalue weighted by Crippen LogP contribution is 2.44. The van der Waals surface area contributed by atoms with Crippen molar-refractivity contribution in [1.82, 2.24) is 0 Å². The molecule has 0 aliphatic rings. The Morgan fingerprint density at radius 2 is 0.818 bits per heavy atom. The molecule has 0 fully saturated rings. The largest absolute Gasteiger partial charge is 0.507 e. The Labute approximate surface area is 195 Å². The first kappa shape index (κ1) is 26.4. The van der Waals surface area contributed by atoms with Gasteiger partial charge in [0.2, 0.25) is 0 Å². The summed E-state index contributed by atoms with van der Waals surface area (Å²) in [5, 5.41) is 60.1. The SMILES string of the molecule is C.Cc1cc(C)cc(C(C)(c2cc(CO)c(O)c(CO)c2)c2cc(CO)c(O)c(CO)c2)c1. The summed E-state index contributed by atoms with van der Waals surface area (Å²) in [7, 11) is 0. The molecule has 33 heavy (non-hydrogen) atoms. The smallest absolute Gasteiger partial charge is 0.126 e. The Morgan fingerprint density at radius 1 is 0.545 bits per heavy atom. The van der Waals surface area contributed by atoms with Gasteiger partial charge < -0.3 is 30.6 Å². The molecule has 6 heteroatoms. The minimum Gasteiger partial charge on any atom is -0.507 e. The van der Waals surface area contributed by atoms with Crippen molar-refractivity contribution in [3.63, 3.8) is 0 Å². The number of aryl methyl sites for hydroxylation is 2. The maximum Gasteiger partial charge on any atom is 0.126 e. The Balaban J connectivity index is 0.00000385. The summed E-state index contributed by atoms with van der Waals surface area (Å²) in [6, 6.07) is 12.9. The normalized spacial score (nSPS) is 11.4. The summed E-state index contributed by atoms with van der Waals surface area (Å²) in [6.45, 7) is 4.31. The van der Waals surface area contributed by atoms with Crippen LogP contribution in [0.2, 0.25) is 0 Å². The van der Waals surface area contributed by atoms with Gasteiger partial charge in [0.15, 0.2) is 0 Å². The van der Waals surface area contributed by atoms with Gasteiger partial charge in [-0.1, -0.05) is 36.8 Å². The van der Waals surface area contributed by atoms with E-state index in [1.165, 1.54) is 0 Å². The van der Waals surface area contributed by atoms with E-state index in [1.807, 2.05) is 39.0 Å². The van der Waals surface area contributed by atoms with E-state index in [9.17, 15) is 30.6 Å². The van der Waals surface area contributed by atoms with Crippen molar-refractivity contribution in [2.75, 3.05) is 0 Å². The van der Waals surface area contributed by atoms with E-state index >= 15 is 0 Å². The van der Waals surface area contributed by atoms with Crippen LogP contribution in [-0.2, 0) is 31.8 Å². The predicted molar refractivity (Wildman–Crippen MR) is 128 cm³/mol. The van der Waals surface area contributed by atoms with Crippen LogP contribution in [0.15, 0.2) is 42.5 Å². The van der Waals surface area contributed by atoms with E-state index in [0.717, 1.165) is 16.7 Å². The van der Waals surface area contributed by atoms with Crippen molar-refractivity contribution in [3.8, 4) is 11.5 Å². The highest BCUT2D eigenvalue weighted by atomic mass is 16.3. The molecule has 0 aromatic heterocycles. The molecule has 6 nitrogen and oxygen atoms in total. The number of benzene rings is 3. The Hall–Kier alpha value is -2.90. The topological polar surface area (TPSA) is 121 Å². The molecule has 3 aromatic rings. The maximum atomic E-state index is 10.4. The fourth-order valence-corrected chi connectivity index (χ4v) is 4.34. The van der Waals surface area contributed by atoms with Crippen molar-refractivity contribution < 1.29 is 30.6 Å². The third kappa shape index (κ3) is 4.75. The van der Waals surface area contributed by atoms with Crippen LogP contribution in [0.5, 0.6) is 11.5 Å². The average molecular weight is 455 g/mol. The van der Waals surface area contributed by atoms with Gasteiger partial charge in [0.1, 0.15) is 11.5 Å². The van der Waals surface area contributed by atoms with Gasteiger partial charge in [-0.05, 0) is 61.7 Å². The third-order valence-electron chi connectivity index (χ3n) is 6.17. The minimum atomic E-state index is -0.861. The molecule has 0 unspecified atom stereocenters. The van der Waals surface area contributed by atoms with Gasteiger partial charge in [0, 0.05) is 27.7 Å². The van der Waals surface area contributed by atoms with Crippen LogP contribution in [-0.4, -0.2) is 30.6 Å². The molecular weight excluding hydrogens is 420 g/mol. The molecule has 178 valence electrons. The molecule has 0 heterocycles. The molecule has 6 N–H and O–H groups in total. The lowest BCUT2D eigenvalue weighted by atomic mass is 9.69. The van der Waals surface area contributed by atoms with Crippen molar-refractivity contribution in [2.24, 2.45) is 0 Å². The summed E-state index contributed by atoms with van der Waals surface area (Å²) >= 11 is 0. The van der Waals surface area contributed by atoms with Crippen LogP contribution in [0.1, 0.15) is 64.4 Å². The number of aliphatic hydroxyl groups excluding tert-OH is 4. The summed E-state index contributed by atoms with van der Waals surface area (Å²) in [4.78, 5) is 0. The zero-order chi connectivity index (χ0) is 23.6. The monoisotopic (exact) mass is 454 g/mol. The molecule has 3 aromatic carbocycles. The molecule has 0 radical (unpaired) electrons. The molecule has 0 bridgehead atoms. The maximum absolute atomic E-state index is 10.4. The lowest BCUT2D eigenvalue weighted by Gasteiger charge is -2.34. The van der Waals surface area contributed by atoms with E-state index in [-0.39, 0.29) is 41.2 Å². The van der Waals surface area contributed by atoms with Crippen molar-refractivity contribution in [2.45, 2.75) is 60.0 Å². The number of rotatable bonds is 7. The van der Waals surface area contributed by atoms with Crippen molar-refractivity contribution in [3.05, 3.63) is 92.5 Å². The van der Waals surface area contributed by atoms with E-state index in [1.54, 1.807) is 24.3 Å². The lowest BCUT2D eigenvalue weighted by Crippen LogP contribution is -2.27. The van der Waals surface area contributed by atoms with Crippen LogP contribution in [0, 0.1) is 13.8 Å². The van der Waals surface area contributed by atoms with Crippen molar-refractivity contribution >= 4 is 0 Å². The Kier molecular flexibility index (Phi) is 8.27. The minimum absolute atomic E-state index is 0. The number of hydrogen-bond acceptors (Lipinski definition) is 6. The van der Waals surface area contributed by atoms with Gasteiger partial charge in [-0.25, -0.2) is 0 Å². The molecule has 0 saturated carbocycles. The summed E-state index contributed by atoms with van der Waals surface area (Å²) in [6.07, 6.45) is 0. The average Bonchev–Trinajstić information content (AvgIpc) is 2.78. The van der Waals surface area contributed by atoms with Crippen LogP contribution < -0.4 is 0 Å². The second-order valence-electron chi connectivity index (χ2n) is 8.42. The van der Waals surface area contributed by atoms with Crippen LogP contribution in [0.4, 0.5) is 0 Å². The third-order valence-corrected chi connectivity index (χ3v) is 6.17. The molecule has 3 rings (SSSR count). The zero-order valence-electron chi connectivity index (χ0n) is 18.6. The molecule has 0 saturated heterocycles. The Morgan fingerprint density at radius 3 is 1.09 bits per heavy atom. The summed E-state index contributed by atoms with van der Waals surface area (Å²) < 4.78 is 0. The van der Waals surface area contributed by atoms with Gasteiger partial charge in [0.25, 0.3) is 0 Å². The van der Waals surface area contributed by atoms with E-state index in [4.69, 9.17) is 0 Å². The standard InChI is InChI=1S/C26H30O6.CH4/c1-15-4-16(2)6-21(5-15)26(3,22-7-17(11-27)24(31)18(8-22)12-28)23-9-19(13-29)25(32)20(10-23)14-30;/h4-10,27-32H,11-14H2,1-3H3;1H4. The second-order valence-corrected chi connectivity index (χ2v) is 8.42. The summed E-state index contributed by atoms with van der Waals surface area (Å²) in [5.74, 6) is -0.307. The second kappa shape index (κ2) is 10.4. The van der Waals surface area contributed by atoms with E-state index < -0.39 is 31.8 Å². The van der Waals surface area contributed by atoms with Gasteiger partial charge in [-0.15, -0.1) is 0 Å². The molecule has 0 atom stereocenters. The zero-order valence-corrected chi connectivity index (χ0v) is 18.6. The number of aromatic hydroxyl groups is 2. The first-order valence-electron chi connectivity index (χ1n) is 10.4. The van der Waals surface area contributed by atoms with Crippen LogP contribution >= 0.6 is 0 Å². The van der Waals surface area contributed by atoms with E-state index in [0.29, 0.717) is 11.1 Å². The van der Waals surface area contributed by atoms with E-state index in [2.05, 4.69) is 0 Å². The predicted octanol–water partition coefficient (Wildman–Crippen LogP) is 3.67. The number of aliphatic hydroxyl groups is 4. The molecule has 0 aliphatic heterocycles. The quantitative estimate of drug-likeness (QED) is 0.303.